The van der Waals surface area contributed by atoms with Gasteiger partial charge in [-0.1, -0.05) is 30.9 Å². The van der Waals surface area contributed by atoms with Gasteiger partial charge in [-0.05, 0) is 37.1 Å². The first-order valence-corrected chi connectivity index (χ1v) is 9.28. The van der Waals surface area contributed by atoms with Crippen LogP contribution in [0.15, 0.2) is 24.3 Å². The van der Waals surface area contributed by atoms with Gasteiger partial charge in [0.05, 0.1) is 0 Å². The van der Waals surface area contributed by atoms with Crippen molar-refractivity contribution in [1.82, 2.24) is 15.8 Å². The third-order valence-electron chi connectivity index (χ3n) is 4.64. The summed E-state index contributed by atoms with van der Waals surface area (Å²) < 4.78 is 10.00. The number of rotatable bonds is 6. The zero-order valence-electron chi connectivity index (χ0n) is 15.0. The van der Waals surface area contributed by atoms with Crippen molar-refractivity contribution in [1.29, 1.82) is 0 Å². The Morgan fingerprint density at radius 1 is 1.11 bits per heavy atom. The summed E-state index contributed by atoms with van der Waals surface area (Å²) in [7, 11) is 0. The van der Waals surface area contributed by atoms with E-state index >= 15 is 0 Å². The van der Waals surface area contributed by atoms with E-state index < -0.39 is 42.6 Å². The van der Waals surface area contributed by atoms with E-state index in [1.807, 2.05) is 0 Å². The molecule has 28 heavy (non-hydrogen) atoms. The third kappa shape index (κ3) is 4.53. The fourth-order valence-electron chi connectivity index (χ4n) is 3.23. The molecule has 1 aromatic carbocycles. The molecule has 1 heterocycles. The number of nitrogens with zero attached hydrogens (tertiary/aromatic N) is 1. The molecule has 3 rings (SSSR count). The van der Waals surface area contributed by atoms with Crippen LogP contribution in [0.4, 0.5) is 4.79 Å². The minimum absolute atomic E-state index is 0.402. The number of hydrogen-bond donors (Lipinski definition) is 2. The zero-order chi connectivity index (χ0) is 20.1. The van der Waals surface area contributed by atoms with E-state index in [1.54, 1.807) is 24.3 Å². The summed E-state index contributed by atoms with van der Waals surface area (Å²) in [6.45, 7) is -1.05. The molecule has 0 radical (unpaired) electrons. The maximum Gasteiger partial charge on any atom is 0.344 e. The molecule has 9 nitrogen and oxygen atoms in total. The highest BCUT2D eigenvalue weighted by molar-refractivity contribution is 6.30. The van der Waals surface area contributed by atoms with Crippen molar-refractivity contribution in [2.75, 3.05) is 13.2 Å². The lowest BCUT2D eigenvalue weighted by atomic mass is 9.82. The highest BCUT2D eigenvalue weighted by Crippen LogP contribution is 2.32. The van der Waals surface area contributed by atoms with Gasteiger partial charge in [-0.15, -0.1) is 0 Å². The minimum Gasteiger partial charge on any atom is -0.482 e. The predicted octanol–water partition coefficient (Wildman–Crippen LogP) is 1.55. The van der Waals surface area contributed by atoms with Crippen LogP contribution in [0.2, 0.25) is 5.02 Å². The van der Waals surface area contributed by atoms with Crippen LogP contribution in [0, 0.1) is 0 Å². The van der Waals surface area contributed by atoms with Gasteiger partial charge in [0.25, 0.3) is 11.8 Å². The number of ether oxygens (including phenoxy) is 2. The van der Waals surface area contributed by atoms with Gasteiger partial charge < -0.3 is 14.8 Å². The minimum atomic E-state index is -0.939. The summed E-state index contributed by atoms with van der Waals surface area (Å²) in [4.78, 5) is 48.2. The van der Waals surface area contributed by atoms with E-state index in [0.29, 0.717) is 28.6 Å². The predicted molar refractivity (Wildman–Crippen MR) is 97.2 cm³/mol. The average molecular weight is 410 g/mol. The topological polar surface area (TPSA) is 114 Å². The highest BCUT2D eigenvalue weighted by Gasteiger charge is 2.52. The molecule has 4 amide bonds. The lowest BCUT2D eigenvalue weighted by molar-refractivity contribution is -0.152. The van der Waals surface area contributed by atoms with E-state index in [4.69, 9.17) is 21.1 Å². The first-order valence-electron chi connectivity index (χ1n) is 8.90. The standard InChI is InChI=1S/C18H20ClN3O6/c19-12-4-6-13(7-5-12)27-11-15(24)28-10-14(23)21-22-16(25)18(20-17(22)26)8-2-1-3-9-18/h4-7H,1-3,8-11H2,(H,20,26)(H,21,23). The lowest BCUT2D eigenvalue weighted by Gasteiger charge is -2.30. The molecule has 0 bridgehead atoms. The fourth-order valence-corrected chi connectivity index (χ4v) is 3.36. The lowest BCUT2D eigenvalue weighted by Crippen LogP contribution is -2.51. The number of amides is 4. The van der Waals surface area contributed by atoms with Crippen molar-refractivity contribution in [2.45, 2.75) is 37.6 Å². The van der Waals surface area contributed by atoms with Crippen LogP contribution in [0.25, 0.3) is 0 Å². The van der Waals surface area contributed by atoms with Crippen molar-refractivity contribution < 1.29 is 28.7 Å². The molecule has 1 saturated heterocycles. The van der Waals surface area contributed by atoms with Crippen LogP contribution in [0.3, 0.4) is 0 Å². The van der Waals surface area contributed by atoms with Gasteiger partial charge in [-0.25, -0.2) is 9.59 Å². The van der Waals surface area contributed by atoms with E-state index in [9.17, 15) is 19.2 Å². The number of hydrogen-bond acceptors (Lipinski definition) is 6. The zero-order valence-corrected chi connectivity index (χ0v) is 15.8. The van der Waals surface area contributed by atoms with Gasteiger partial charge in [0.1, 0.15) is 11.3 Å². The normalized spacial score (nSPS) is 18.0. The van der Waals surface area contributed by atoms with E-state index in [1.165, 1.54) is 0 Å². The molecule has 10 heteroatoms. The smallest absolute Gasteiger partial charge is 0.344 e. The summed E-state index contributed by atoms with van der Waals surface area (Å²) in [5.74, 6) is -1.63. The molecular weight excluding hydrogens is 390 g/mol. The van der Waals surface area contributed by atoms with Gasteiger partial charge >= 0.3 is 12.0 Å². The maximum atomic E-state index is 12.5. The number of imide groups is 1. The van der Waals surface area contributed by atoms with Gasteiger partial charge in [0.15, 0.2) is 13.2 Å². The molecule has 1 aliphatic heterocycles. The number of carbonyl (C=O) groups excluding carboxylic acids is 4. The van der Waals surface area contributed by atoms with Gasteiger partial charge in [0.2, 0.25) is 0 Å². The Bertz CT molecular complexity index is 776. The second kappa shape index (κ2) is 8.47. The number of hydrazine groups is 1. The summed E-state index contributed by atoms with van der Waals surface area (Å²) in [5, 5.41) is 3.86. The first-order chi connectivity index (χ1) is 13.4. The van der Waals surface area contributed by atoms with E-state index in [-0.39, 0.29) is 0 Å². The van der Waals surface area contributed by atoms with Crippen LogP contribution >= 0.6 is 11.6 Å². The number of benzene rings is 1. The Kier molecular flexibility index (Phi) is 6.03. The van der Waals surface area contributed by atoms with Gasteiger partial charge in [-0.3, -0.25) is 15.0 Å². The number of carbonyl (C=O) groups is 4. The molecule has 2 fully saturated rings. The Morgan fingerprint density at radius 2 is 1.79 bits per heavy atom. The van der Waals surface area contributed by atoms with Crippen molar-refractivity contribution in [3.8, 4) is 5.75 Å². The monoisotopic (exact) mass is 409 g/mol. The Morgan fingerprint density at radius 3 is 2.46 bits per heavy atom. The molecule has 1 aromatic rings. The summed E-state index contributed by atoms with van der Waals surface area (Å²) in [6, 6.07) is 5.69. The molecule has 150 valence electrons. The van der Waals surface area contributed by atoms with Crippen molar-refractivity contribution >= 4 is 35.4 Å². The SMILES string of the molecule is O=C(COC(=O)COc1ccc(Cl)cc1)NN1C(=O)NC2(CCCCC2)C1=O. The molecular formula is C18H20ClN3O6. The summed E-state index contributed by atoms with van der Waals surface area (Å²) in [6.07, 6.45) is 3.76. The van der Waals surface area contributed by atoms with Crippen LogP contribution in [-0.2, 0) is 19.1 Å². The van der Waals surface area contributed by atoms with Crippen molar-refractivity contribution in [3.63, 3.8) is 0 Å². The second-order valence-electron chi connectivity index (χ2n) is 6.65. The molecule has 1 aliphatic carbocycles. The summed E-state index contributed by atoms with van der Waals surface area (Å²) >= 11 is 5.75. The van der Waals surface area contributed by atoms with Crippen LogP contribution in [-0.4, -0.2) is 47.6 Å². The van der Waals surface area contributed by atoms with Gasteiger partial charge in [0, 0.05) is 5.02 Å². The highest BCUT2D eigenvalue weighted by atomic mass is 35.5. The molecule has 2 N–H and O–H groups in total. The largest absolute Gasteiger partial charge is 0.482 e. The van der Waals surface area contributed by atoms with Crippen molar-refractivity contribution in [3.05, 3.63) is 29.3 Å². The van der Waals surface area contributed by atoms with E-state index in [2.05, 4.69) is 10.7 Å². The fraction of sp³-hybridized carbons (Fsp3) is 0.444. The number of halogens is 1. The number of urea groups is 1. The number of esters is 1. The van der Waals surface area contributed by atoms with Crippen molar-refractivity contribution in [2.24, 2.45) is 0 Å². The van der Waals surface area contributed by atoms with Crippen LogP contribution in [0.1, 0.15) is 32.1 Å². The Balaban J connectivity index is 1.43. The van der Waals surface area contributed by atoms with Crippen LogP contribution in [0.5, 0.6) is 5.75 Å². The Labute approximate surface area is 166 Å². The van der Waals surface area contributed by atoms with Gasteiger partial charge in [-0.2, -0.15) is 5.01 Å². The average Bonchev–Trinajstić information content (AvgIpc) is 2.90. The molecule has 0 aromatic heterocycles. The molecule has 0 unspecified atom stereocenters. The number of nitrogens with one attached hydrogen (secondary N) is 2. The third-order valence-corrected chi connectivity index (χ3v) is 4.89. The Hall–Kier alpha value is -2.81. The molecule has 1 saturated carbocycles. The first kappa shape index (κ1) is 19.9. The quantitative estimate of drug-likeness (QED) is 0.544. The van der Waals surface area contributed by atoms with Crippen LogP contribution < -0.4 is 15.5 Å². The molecule has 1 spiro atoms. The molecule has 0 atom stereocenters. The van der Waals surface area contributed by atoms with E-state index in [0.717, 1.165) is 19.3 Å². The maximum absolute atomic E-state index is 12.5. The second-order valence-corrected chi connectivity index (χ2v) is 7.09. The molecule has 2 aliphatic rings. The summed E-state index contributed by atoms with van der Waals surface area (Å²) in [5.41, 5.74) is 1.25.